The number of aromatic nitrogens is 1. The van der Waals surface area contributed by atoms with Crippen LogP contribution in [0.1, 0.15) is 0 Å². The minimum atomic E-state index is -3.76. The molecule has 0 atom stereocenters. The van der Waals surface area contributed by atoms with Gasteiger partial charge in [0.25, 0.3) is 10.0 Å². The molecule has 0 saturated carbocycles. The van der Waals surface area contributed by atoms with E-state index in [2.05, 4.69) is 9.71 Å². The molecule has 0 fully saturated rings. The van der Waals surface area contributed by atoms with Crippen LogP contribution >= 0.6 is 11.3 Å². The second kappa shape index (κ2) is 7.80. The highest BCUT2D eigenvalue weighted by Crippen LogP contribution is 2.41. The maximum Gasteiger partial charge on any atom is 0.263 e. The van der Waals surface area contributed by atoms with Gasteiger partial charge in [0, 0.05) is 29.4 Å². The summed E-state index contributed by atoms with van der Waals surface area (Å²) in [5.74, 6) is 1.75. The van der Waals surface area contributed by atoms with Crippen molar-refractivity contribution in [1.82, 2.24) is 4.98 Å². The molecule has 4 rings (SSSR count). The smallest absolute Gasteiger partial charge is 0.263 e. The fourth-order valence-corrected chi connectivity index (χ4v) is 4.88. The van der Waals surface area contributed by atoms with Crippen LogP contribution < -0.4 is 23.8 Å². The number of anilines is 3. The van der Waals surface area contributed by atoms with Crippen molar-refractivity contribution in [2.75, 3.05) is 37.0 Å². The predicted octanol–water partition coefficient (Wildman–Crippen LogP) is 3.49. The largest absolute Gasteiger partial charge is 0.493 e. The van der Waals surface area contributed by atoms with Crippen molar-refractivity contribution in [1.29, 1.82) is 0 Å². The van der Waals surface area contributed by atoms with Crippen molar-refractivity contribution < 1.29 is 22.6 Å². The molecule has 0 bridgehead atoms. The Hall–Kier alpha value is -2.98. The minimum Gasteiger partial charge on any atom is -0.493 e. The quantitative estimate of drug-likeness (QED) is 0.636. The summed E-state index contributed by atoms with van der Waals surface area (Å²) in [6.45, 7) is 1.04. The number of nitrogens with one attached hydrogen (secondary N) is 1. The molecule has 2 heterocycles. The Kier molecular flexibility index (Phi) is 5.20. The second-order valence-corrected chi connectivity index (χ2v) is 8.69. The van der Waals surface area contributed by atoms with E-state index in [0.29, 0.717) is 35.5 Å². The zero-order valence-electron chi connectivity index (χ0n) is 15.8. The van der Waals surface area contributed by atoms with Gasteiger partial charge >= 0.3 is 0 Å². The van der Waals surface area contributed by atoms with Crippen LogP contribution in [-0.4, -0.2) is 40.8 Å². The Balaban J connectivity index is 1.67. The summed E-state index contributed by atoms with van der Waals surface area (Å²) < 4.78 is 44.2. The van der Waals surface area contributed by atoms with Gasteiger partial charge in [-0.3, -0.25) is 4.72 Å². The molecule has 0 spiro atoms. The lowest BCUT2D eigenvalue weighted by Gasteiger charge is -2.32. The number of benzene rings is 2. The van der Waals surface area contributed by atoms with E-state index in [9.17, 15) is 8.42 Å². The first-order valence-corrected chi connectivity index (χ1v) is 11.1. The van der Waals surface area contributed by atoms with Crippen LogP contribution in [-0.2, 0) is 10.0 Å². The normalized spacial score (nSPS) is 13.4. The number of hydrogen-bond donors (Lipinski definition) is 1. The van der Waals surface area contributed by atoms with Crippen LogP contribution in [0.15, 0.2) is 52.9 Å². The molecular weight excluding hydrogens is 414 g/mol. The summed E-state index contributed by atoms with van der Waals surface area (Å²) in [4.78, 5) is 6.12. The van der Waals surface area contributed by atoms with Crippen LogP contribution in [0.3, 0.4) is 0 Å². The third-order valence-corrected chi connectivity index (χ3v) is 6.59. The number of hydrogen-bond acceptors (Lipinski definition) is 8. The Bertz CT molecular complexity index is 1120. The molecule has 10 heteroatoms. The highest BCUT2D eigenvalue weighted by molar-refractivity contribution is 7.93. The van der Waals surface area contributed by atoms with Crippen molar-refractivity contribution in [3.8, 4) is 17.2 Å². The van der Waals surface area contributed by atoms with E-state index in [1.165, 1.54) is 17.4 Å². The third kappa shape index (κ3) is 3.81. The first-order chi connectivity index (χ1) is 14.0. The fourth-order valence-electron chi connectivity index (χ4n) is 3.08. The van der Waals surface area contributed by atoms with E-state index in [1.807, 2.05) is 23.1 Å². The average molecular weight is 434 g/mol. The van der Waals surface area contributed by atoms with Crippen molar-refractivity contribution in [2.45, 2.75) is 4.90 Å². The van der Waals surface area contributed by atoms with Gasteiger partial charge < -0.3 is 19.1 Å². The first-order valence-electron chi connectivity index (χ1n) is 8.70. The van der Waals surface area contributed by atoms with Gasteiger partial charge in [-0.25, -0.2) is 13.4 Å². The van der Waals surface area contributed by atoms with Gasteiger partial charge in [-0.05, 0) is 24.3 Å². The van der Waals surface area contributed by atoms with Crippen LogP contribution in [0.2, 0.25) is 0 Å². The summed E-state index contributed by atoms with van der Waals surface area (Å²) >= 11 is 1.21. The number of thiazole rings is 1. The predicted molar refractivity (Wildman–Crippen MR) is 111 cm³/mol. The monoisotopic (exact) mass is 433 g/mol. The van der Waals surface area contributed by atoms with E-state index < -0.39 is 10.0 Å². The molecule has 0 radical (unpaired) electrons. The Morgan fingerprint density at radius 2 is 1.97 bits per heavy atom. The molecule has 2 aromatic carbocycles. The Morgan fingerprint density at radius 3 is 2.69 bits per heavy atom. The Labute approximate surface area is 172 Å². The highest BCUT2D eigenvalue weighted by Gasteiger charge is 2.24. The minimum absolute atomic E-state index is 0.112. The lowest BCUT2D eigenvalue weighted by molar-refractivity contribution is 0.313. The van der Waals surface area contributed by atoms with Crippen molar-refractivity contribution >= 4 is 37.9 Å². The van der Waals surface area contributed by atoms with E-state index in [4.69, 9.17) is 14.2 Å². The maximum atomic E-state index is 12.6. The number of methoxy groups -OCH3 is 2. The number of rotatable bonds is 6. The topological polar surface area (TPSA) is 90.0 Å². The maximum absolute atomic E-state index is 12.6. The van der Waals surface area contributed by atoms with Crippen LogP contribution in [0, 0.1) is 0 Å². The number of fused-ring (bicyclic) bond motifs is 1. The number of sulfonamides is 1. The van der Waals surface area contributed by atoms with Gasteiger partial charge in [-0.1, -0.05) is 0 Å². The molecular formula is C19H19N3O5S2. The molecule has 1 aliphatic rings. The molecule has 1 aliphatic heterocycles. The fraction of sp³-hybridized carbons (Fsp3) is 0.211. The summed E-state index contributed by atoms with van der Waals surface area (Å²) in [6.07, 6.45) is 1.54. The summed E-state index contributed by atoms with van der Waals surface area (Å²) in [5.41, 5.74) is 1.67. The van der Waals surface area contributed by atoms with E-state index in [0.717, 1.165) is 11.4 Å². The number of ether oxygens (including phenoxy) is 3. The van der Waals surface area contributed by atoms with Gasteiger partial charge in [0.1, 0.15) is 12.4 Å². The SMILES string of the molecule is COc1ccc(N2CCOc3cc(S(=O)(=O)Nc4nccs4)ccc32)cc1OC. The molecule has 152 valence electrons. The molecule has 8 nitrogen and oxygen atoms in total. The first kappa shape index (κ1) is 19.3. The molecule has 1 aromatic heterocycles. The average Bonchev–Trinajstić information content (AvgIpc) is 3.24. The van der Waals surface area contributed by atoms with E-state index >= 15 is 0 Å². The molecule has 29 heavy (non-hydrogen) atoms. The van der Waals surface area contributed by atoms with Gasteiger partial charge in [0.2, 0.25) is 0 Å². The van der Waals surface area contributed by atoms with Gasteiger partial charge in [0.05, 0.1) is 31.3 Å². The summed E-state index contributed by atoms with van der Waals surface area (Å²) in [7, 11) is -0.584. The van der Waals surface area contributed by atoms with Gasteiger partial charge in [-0.15, -0.1) is 11.3 Å². The van der Waals surface area contributed by atoms with Crippen molar-refractivity contribution in [2.24, 2.45) is 0 Å². The van der Waals surface area contributed by atoms with Crippen LogP contribution in [0.25, 0.3) is 0 Å². The molecule has 0 aliphatic carbocycles. The number of nitrogens with zero attached hydrogens (tertiary/aromatic N) is 2. The lowest BCUT2D eigenvalue weighted by atomic mass is 10.2. The molecule has 0 amide bonds. The molecule has 0 saturated heterocycles. The van der Waals surface area contributed by atoms with Crippen LogP contribution in [0.5, 0.6) is 17.2 Å². The zero-order valence-corrected chi connectivity index (χ0v) is 17.4. The molecule has 0 unspecified atom stereocenters. The molecule has 1 N–H and O–H groups in total. The van der Waals surface area contributed by atoms with Gasteiger partial charge in [0.15, 0.2) is 16.6 Å². The highest BCUT2D eigenvalue weighted by atomic mass is 32.2. The van der Waals surface area contributed by atoms with E-state index in [1.54, 1.807) is 37.9 Å². The van der Waals surface area contributed by atoms with Crippen molar-refractivity contribution in [3.63, 3.8) is 0 Å². The van der Waals surface area contributed by atoms with Gasteiger partial charge in [-0.2, -0.15) is 0 Å². The third-order valence-electron chi connectivity index (χ3n) is 4.44. The standard InChI is InChI=1S/C19H19N3O5S2/c1-25-16-6-3-13(11-18(16)26-2)22-8-9-27-17-12-14(4-5-15(17)22)29(23,24)21-19-20-7-10-28-19/h3-7,10-12H,8-9H2,1-2H3,(H,20,21). The Morgan fingerprint density at radius 1 is 1.14 bits per heavy atom. The summed E-state index contributed by atoms with van der Waals surface area (Å²) in [5, 5.41) is 2.02. The zero-order chi connectivity index (χ0) is 20.4. The molecule has 3 aromatic rings. The van der Waals surface area contributed by atoms with Crippen molar-refractivity contribution in [3.05, 3.63) is 48.0 Å². The summed E-state index contributed by atoms with van der Waals surface area (Å²) in [6, 6.07) is 10.4. The second-order valence-electron chi connectivity index (χ2n) is 6.11. The lowest BCUT2D eigenvalue weighted by Crippen LogP contribution is -2.28. The van der Waals surface area contributed by atoms with E-state index in [-0.39, 0.29) is 4.90 Å². The van der Waals surface area contributed by atoms with Crippen LogP contribution in [0.4, 0.5) is 16.5 Å².